The first-order valence-electron chi connectivity index (χ1n) is 7.90. The minimum atomic E-state index is -0.736. The SMILES string of the molecule is N/C(CC(O)c1cccc2ccccc12)=N\N=C\c1ccc(Cl)cc1. The average Bonchev–Trinajstić information content (AvgIpc) is 2.63. The van der Waals surface area contributed by atoms with Gasteiger partial charge in [0.2, 0.25) is 0 Å². The molecule has 0 fully saturated rings. The Balaban J connectivity index is 1.71. The van der Waals surface area contributed by atoms with Crippen LogP contribution in [0.2, 0.25) is 5.02 Å². The standard InChI is InChI=1S/C20H18ClN3O/c21-16-10-8-14(9-11-16)13-23-24-20(22)12-19(25)18-7-3-5-15-4-1-2-6-17(15)18/h1-11,13,19,25H,12H2,(H2,22,24)/b23-13+. The van der Waals surface area contributed by atoms with E-state index in [0.29, 0.717) is 5.02 Å². The van der Waals surface area contributed by atoms with Crippen molar-refractivity contribution < 1.29 is 5.11 Å². The van der Waals surface area contributed by atoms with E-state index >= 15 is 0 Å². The molecule has 0 saturated carbocycles. The first-order chi connectivity index (χ1) is 12.1. The van der Waals surface area contributed by atoms with Crippen molar-refractivity contribution in [1.82, 2.24) is 0 Å². The number of nitrogens with zero attached hydrogens (tertiary/aromatic N) is 2. The molecule has 1 atom stereocenters. The predicted molar refractivity (Wildman–Crippen MR) is 104 cm³/mol. The average molecular weight is 352 g/mol. The largest absolute Gasteiger partial charge is 0.388 e. The molecule has 126 valence electrons. The molecule has 1 unspecified atom stereocenters. The number of rotatable bonds is 5. The van der Waals surface area contributed by atoms with Crippen molar-refractivity contribution >= 4 is 34.4 Å². The van der Waals surface area contributed by atoms with Crippen molar-refractivity contribution in [3.63, 3.8) is 0 Å². The molecular weight excluding hydrogens is 334 g/mol. The maximum atomic E-state index is 10.5. The normalized spacial score (nSPS) is 13.4. The van der Waals surface area contributed by atoms with Crippen LogP contribution in [0.4, 0.5) is 0 Å². The topological polar surface area (TPSA) is 71.0 Å². The van der Waals surface area contributed by atoms with Gasteiger partial charge in [-0.15, -0.1) is 5.10 Å². The lowest BCUT2D eigenvalue weighted by Gasteiger charge is -2.13. The Labute approximate surface area is 151 Å². The fourth-order valence-corrected chi connectivity index (χ4v) is 2.73. The van der Waals surface area contributed by atoms with E-state index in [4.69, 9.17) is 17.3 Å². The number of aliphatic hydroxyl groups excluding tert-OH is 1. The number of amidine groups is 1. The molecule has 3 rings (SSSR count). The van der Waals surface area contributed by atoms with Crippen LogP contribution in [0.25, 0.3) is 10.8 Å². The van der Waals surface area contributed by atoms with Crippen molar-refractivity contribution in [2.24, 2.45) is 15.9 Å². The van der Waals surface area contributed by atoms with Crippen LogP contribution in [0.15, 0.2) is 76.9 Å². The summed E-state index contributed by atoms with van der Waals surface area (Å²) in [7, 11) is 0. The summed E-state index contributed by atoms with van der Waals surface area (Å²) in [4.78, 5) is 0. The molecule has 25 heavy (non-hydrogen) atoms. The first-order valence-corrected chi connectivity index (χ1v) is 8.28. The molecule has 3 aromatic rings. The molecule has 4 nitrogen and oxygen atoms in total. The zero-order valence-corrected chi connectivity index (χ0v) is 14.3. The maximum Gasteiger partial charge on any atom is 0.125 e. The summed E-state index contributed by atoms with van der Waals surface area (Å²) in [5, 5.41) is 21.2. The van der Waals surface area contributed by atoms with Crippen LogP contribution in [-0.2, 0) is 0 Å². The number of nitrogens with two attached hydrogens (primary N) is 1. The van der Waals surface area contributed by atoms with Crippen LogP contribution in [0, 0.1) is 0 Å². The fourth-order valence-electron chi connectivity index (χ4n) is 2.61. The second-order valence-electron chi connectivity index (χ2n) is 5.68. The van der Waals surface area contributed by atoms with Crippen molar-refractivity contribution in [3.05, 3.63) is 82.9 Å². The van der Waals surface area contributed by atoms with Crippen molar-refractivity contribution in [2.75, 3.05) is 0 Å². The Morgan fingerprint density at radius 2 is 1.76 bits per heavy atom. The lowest BCUT2D eigenvalue weighted by Crippen LogP contribution is -2.15. The molecule has 0 spiro atoms. The second-order valence-corrected chi connectivity index (χ2v) is 6.11. The van der Waals surface area contributed by atoms with Crippen LogP contribution in [0.1, 0.15) is 23.7 Å². The van der Waals surface area contributed by atoms with Crippen molar-refractivity contribution in [2.45, 2.75) is 12.5 Å². The number of hydrogen-bond donors (Lipinski definition) is 2. The third kappa shape index (κ3) is 4.44. The number of benzene rings is 3. The number of halogens is 1. The number of fused-ring (bicyclic) bond motifs is 1. The molecule has 3 aromatic carbocycles. The highest BCUT2D eigenvalue weighted by molar-refractivity contribution is 6.30. The molecule has 0 heterocycles. The van der Waals surface area contributed by atoms with E-state index < -0.39 is 6.10 Å². The zero-order chi connectivity index (χ0) is 17.6. The van der Waals surface area contributed by atoms with Crippen LogP contribution in [0.5, 0.6) is 0 Å². The van der Waals surface area contributed by atoms with Gasteiger partial charge in [0.15, 0.2) is 0 Å². The molecule has 0 amide bonds. The van der Waals surface area contributed by atoms with Gasteiger partial charge >= 0.3 is 0 Å². The van der Waals surface area contributed by atoms with Crippen molar-refractivity contribution in [1.29, 1.82) is 0 Å². The monoisotopic (exact) mass is 351 g/mol. The Morgan fingerprint density at radius 3 is 2.56 bits per heavy atom. The number of aliphatic hydroxyl groups is 1. The van der Waals surface area contributed by atoms with Gasteiger partial charge in [-0.05, 0) is 34.0 Å². The summed E-state index contributed by atoms with van der Waals surface area (Å²) in [5.74, 6) is 0.269. The molecule has 5 heteroatoms. The van der Waals surface area contributed by atoms with E-state index in [9.17, 15) is 5.11 Å². The maximum absolute atomic E-state index is 10.5. The summed E-state index contributed by atoms with van der Waals surface area (Å²) >= 11 is 5.83. The Kier molecular flexibility index (Phi) is 5.43. The van der Waals surface area contributed by atoms with Crippen molar-refractivity contribution in [3.8, 4) is 0 Å². The molecule has 0 aliphatic rings. The smallest absolute Gasteiger partial charge is 0.125 e. The Morgan fingerprint density at radius 1 is 1.04 bits per heavy atom. The molecule has 0 bridgehead atoms. The molecule has 0 aliphatic carbocycles. The van der Waals surface area contributed by atoms with Crippen LogP contribution < -0.4 is 5.73 Å². The first kappa shape index (κ1) is 17.1. The highest BCUT2D eigenvalue weighted by Crippen LogP contribution is 2.26. The van der Waals surface area contributed by atoms with Gasteiger partial charge in [0.05, 0.1) is 12.3 Å². The van der Waals surface area contributed by atoms with Crippen LogP contribution in [0.3, 0.4) is 0 Å². The van der Waals surface area contributed by atoms with E-state index in [1.807, 2.05) is 54.6 Å². The van der Waals surface area contributed by atoms with E-state index in [0.717, 1.165) is 21.9 Å². The van der Waals surface area contributed by atoms with Gasteiger partial charge in [-0.2, -0.15) is 5.10 Å². The van der Waals surface area contributed by atoms with Gasteiger partial charge in [-0.1, -0.05) is 66.2 Å². The second kappa shape index (κ2) is 7.92. The molecule has 0 aromatic heterocycles. The van der Waals surface area contributed by atoms with Crippen LogP contribution >= 0.6 is 11.6 Å². The molecule has 0 radical (unpaired) electrons. The highest BCUT2D eigenvalue weighted by atomic mass is 35.5. The summed E-state index contributed by atoms with van der Waals surface area (Å²) in [6.07, 6.45) is 1.07. The predicted octanol–water partition coefficient (Wildman–Crippen LogP) is 4.31. The number of hydrogen-bond acceptors (Lipinski definition) is 3. The third-order valence-corrected chi connectivity index (χ3v) is 4.10. The van der Waals surface area contributed by atoms with Gasteiger partial charge in [0.25, 0.3) is 0 Å². The van der Waals surface area contributed by atoms with Gasteiger partial charge in [-0.25, -0.2) is 0 Å². The quantitative estimate of drug-likeness (QED) is 0.408. The lowest BCUT2D eigenvalue weighted by molar-refractivity contribution is 0.187. The van der Waals surface area contributed by atoms with Crippen LogP contribution in [-0.4, -0.2) is 17.2 Å². The molecule has 0 aliphatic heterocycles. The summed E-state index contributed by atoms with van der Waals surface area (Å²) in [5.41, 5.74) is 7.60. The van der Waals surface area contributed by atoms with Gasteiger partial charge in [-0.3, -0.25) is 0 Å². The third-order valence-electron chi connectivity index (χ3n) is 3.85. The molecule has 3 N–H and O–H groups in total. The minimum Gasteiger partial charge on any atom is -0.388 e. The summed E-state index contributed by atoms with van der Waals surface area (Å²) in [6, 6.07) is 21.0. The minimum absolute atomic E-state index is 0.214. The Bertz CT molecular complexity index is 914. The summed E-state index contributed by atoms with van der Waals surface area (Å²) in [6.45, 7) is 0. The van der Waals surface area contributed by atoms with Gasteiger partial charge in [0.1, 0.15) is 5.84 Å². The highest BCUT2D eigenvalue weighted by Gasteiger charge is 2.12. The molecule has 0 saturated heterocycles. The molecular formula is C20H18ClN3O. The van der Waals surface area contributed by atoms with E-state index in [-0.39, 0.29) is 12.3 Å². The summed E-state index contributed by atoms with van der Waals surface area (Å²) < 4.78 is 0. The van der Waals surface area contributed by atoms with E-state index in [1.54, 1.807) is 18.3 Å². The Hall–Kier alpha value is -2.69. The van der Waals surface area contributed by atoms with Gasteiger partial charge in [0, 0.05) is 11.4 Å². The van der Waals surface area contributed by atoms with Gasteiger partial charge < -0.3 is 10.8 Å². The zero-order valence-electron chi connectivity index (χ0n) is 13.5. The van der Waals surface area contributed by atoms with E-state index in [2.05, 4.69) is 10.2 Å². The lowest BCUT2D eigenvalue weighted by atomic mass is 9.98. The van der Waals surface area contributed by atoms with E-state index in [1.165, 1.54) is 0 Å². The fraction of sp³-hybridized carbons (Fsp3) is 0.100.